The first-order chi connectivity index (χ1) is 16.6. The minimum atomic E-state index is -2.44. The van der Waals surface area contributed by atoms with Crippen LogP contribution in [0.1, 0.15) is 106 Å². The minimum absolute atomic E-state index is 0.0215. The van der Waals surface area contributed by atoms with Crippen molar-refractivity contribution in [2.24, 2.45) is 45.8 Å². The monoisotopic (exact) mass is 510 g/mol. The van der Waals surface area contributed by atoms with Crippen LogP contribution >= 0.6 is 0 Å². The van der Waals surface area contributed by atoms with Gasteiger partial charge in [-0.2, -0.15) is 0 Å². The van der Waals surface area contributed by atoms with Crippen molar-refractivity contribution in [3.05, 3.63) is 11.6 Å². The largest absolute Gasteiger partial charge is 0.390 e. The van der Waals surface area contributed by atoms with Crippen LogP contribution in [0.2, 0.25) is 0 Å². The fourth-order valence-electron chi connectivity index (χ4n) is 9.02. The number of alkyl halides is 2. The first kappa shape index (κ1) is 28.5. The molecule has 0 spiro atoms. The highest BCUT2D eigenvalue weighted by molar-refractivity contribution is 5.29. The van der Waals surface area contributed by atoms with Crippen molar-refractivity contribution in [1.82, 2.24) is 0 Å². The number of allylic oxidation sites excluding steroid dienone is 1. The van der Waals surface area contributed by atoms with Crippen molar-refractivity contribution in [3.8, 4) is 0 Å². The van der Waals surface area contributed by atoms with E-state index in [1.807, 2.05) is 13.8 Å². The highest BCUT2D eigenvalue weighted by atomic mass is 19.3. The summed E-state index contributed by atoms with van der Waals surface area (Å²) in [4.78, 5) is 0. The van der Waals surface area contributed by atoms with Crippen LogP contribution < -0.4 is 0 Å². The lowest BCUT2D eigenvalue weighted by molar-refractivity contribution is -0.123. The molecule has 0 aromatic rings. The van der Waals surface area contributed by atoms with Gasteiger partial charge in [-0.1, -0.05) is 40.7 Å². The first-order valence-corrected chi connectivity index (χ1v) is 14.6. The molecule has 3 saturated carbocycles. The van der Waals surface area contributed by atoms with Gasteiger partial charge in [0.15, 0.2) is 0 Å². The van der Waals surface area contributed by atoms with E-state index in [4.69, 9.17) is 4.74 Å². The Balaban J connectivity index is 1.47. The second-order valence-corrected chi connectivity index (χ2v) is 14.9. The average Bonchev–Trinajstić information content (AvgIpc) is 3.13. The summed E-state index contributed by atoms with van der Waals surface area (Å²) in [5.74, 6) is 3.30. The van der Waals surface area contributed by atoms with Crippen LogP contribution in [0.15, 0.2) is 11.6 Å². The van der Waals surface area contributed by atoms with Crippen molar-refractivity contribution in [2.45, 2.75) is 130 Å². The summed E-state index contributed by atoms with van der Waals surface area (Å²) in [6.07, 6.45) is 8.50. The summed E-state index contributed by atoms with van der Waals surface area (Å²) in [6.45, 7) is 14.2. The molecule has 0 aromatic carbocycles. The summed E-state index contributed by atoms with van der Waals surface area (Å²) in [7, 11) is 0. The molecule has 2 N–H and O–H groups in total. The number of aliphatic hydroxyl groups is 2. The van der Waals surface area contributed by atoms with E-state index in [0.29, 0.717) is 23.2 Å². The molecule has 9 atom stereocenters. The molecule has 4 aliphatic carbocycles. The van der Waals surface area contributed by atoms with Crippen LogP contribution in [0.3, 0.4) is 0 Å². The zero-order valence-electron chi connectivity index (χ0n) is 23.8. The van der Waals surface area contributed by atoms with Crippen molar-refractivity contribution < 1.29 is 23.7 Å². The van der Waals surface area contributed by atoms with Gasteiger partial charge in [0, 0.05) is 5.41 Å². The molecule has 0 bridgehead atoms. The van der Waals surface area contributed by atoms with Gasteiger partial charge in [-0.05, 0) is 118 Å². The summed E-state index contributed by atoms with van der Waals surface area (Å²) in [6, 6.07) is 0. The first-order valence-electron chi connectivity index (χ1n) is 14.6. The predicted octanol–water partition coefficient (Wildman–Crippen LogP) is 7.40. The normalized spacial score (nSPS) is 41.9. The molecule has 5 heteroatoms. The highest BCUT2D eigenvalue weighted by Crippen LogP contribution is 2.67. The topological polar surface area (TPSA) is 49.7 Å². The molecule has 3 nitrogen and oxygen atoms in total. The SMILES string of the molecule is C[C@H](CCC(C)(C)O)C1CCC2C3CC=C4C(O)C(OCC(C)(C)C(F)F)CCC4(C)C3CCC21C. The van der Waals surface area contributed by atoms with Crippen LogP contribution in [0.4, 0.5) is 8.78 Å². The Morgan fingerprint density at radius 2 is 1.75 bits per heavy atom. The Kier molecular flexibility index (Phi) is 7.83. The number of halogens is 2. The van der Waals surface area contributed by atoms with E-state index in [-0.39, 0.29) is 18.1 Å². The Morgan fingerprint density at radius 1 is 1.06 bits per heavy atom. The maximum absolute atomic E-state index is 13.3. The van der Waals surface area contributed by atoms with E-state index >= 15 is 0 Å². The lowest BCUT2D eigenvalue weighted by Gasteiger charge is -2.59. The molecule has 0 radical (unpaired) electrons. The van der Waals surface area contributed by atoms with Crippen molar-refractivity contribution in [2.75, 3.05) is 6.61 Å². The van der Waals surface area contributed by atoms with E-state index < -0.39 is 23.5 Å². The molecule has 0 aromatic heterocycles. The molecule has 0 amide bonds. The molecular formula is C31H52F2O3. The maximum atomic E-state index is 13.3. The molecular weight excluding hydrogens is 458 g/mol. The summed E-state index contributed by atoms with van der Waals surface area (Å²) >= 11 is 0. The van der Waals surface area contributed by atoms with E-state index in [1.165, 1.54) is 39.5 Å². The highest BCUT2D eigenvalue weighted by Gasteiger charge is 2.60. The zero-order valence-corrected chi connectivity index (χ0v) is 23.8. The number of hydrogen-bond acceptors (Lipinski definition) is 3. The van der Waals surface area contributed by atoms with E-state index in [9.17, 15) is 19.0 Å². The van der Waals surface area contributed by atoms with Gasteiger partial charge in [-0.15, -0.1) is 0 Å². The van der Waals surface area contributed by atoms with Crippen molar-refractivity contribution >= 4 is 0 Å². The molecule has 8 unspecified atom stereocenters. The number of aliphatic hydroxyl groups excluding tert-OH is 1. The number of ether oxygens (including phenoxy) is 1. The average molecular weight is 511 g/mol. The standard InChI is InChI=1S/C31H52F2O3/c1-19(12-15-29(4,5)35)21-10-11-22-20-8-9-24-26(34)25(36-18-28(2,3)27(32)33)14-17-31(24,7)23(20)13-16-30(21,22)6/h9,19-23,25-27,34-35H,8,10-18H2,1-7H3/t19-,20?,21?,22?,23?,25?,26?,30?,31?/m1/s1. The van der Waals surface area contributed by atoms with Gasteiger partial charge >= 0.3 is 0 Å². The fraction of sp³-hybridized carbons (Fsp3) is 0.935. The molecule has 36 heavy (non-hydrogen) atoms. The number of hydrogen-bond donors (Lipinski definition) is 2. The zero-order chi connectivity index (χ0) is 26.7. The quantitative estimate of drug-likeness (QED) is 0.335. The van der Waals surface area contributed by atoms with E-state index in [0.717, 1.165) is 49.5 Å². The molecule has 0 aliphatic heterocycles. The summed E-state index contributed by atoms with van der Waals surface area (Å²) in [5.41, 5.74) is -0.341. The Morgan fingerprint density at radius 3 is 2.39 bits per heavy atom. The van der Waals surface area contributed by atoms with Crippen molar-refractivity contribution in [1.29, 1.82) is 0 Å². The third-order valence-corrected chi connectivity index (χ3v) is 11.4. The number of rotatable bonds is 8. The summed E-state index contributed by atoms with van der Waals surface area (Å²) in [5, 5.41) is 21.6. The molecule has 4 aliphatic rings. The fourth-order valence-corrected chi connectivity index (χ4v) is 9.02. The van der Waals surface area contributed by atoms with Crippen LogP contribution in [0, 0.1) is 45.8 Å². The second-order valence-electron chi connectivity index (χ2n) is 14.9. The van der Waals surface area contributed by atoms with E-state index in [2.05, 4.69) is 26.8 Å². The van der Waals surface area contributed by atoms with E-state index in [1.54, 1.807) is 0 Å². The predicted molar refractivity (Wildman–Crippen MR) is 141 cm³/mol. The van der Waals surface area contributed by atoms with Gasteiger partial charge in [-0.3, -0.25) is 0 Å². The van der Waals surface area contributed by atoms with Crippen LogP contribution in [0.5, 0.6) is 0 Å². The molecule has 0 saturated heterocycles. The third kappa shape index (κ3) is 5.07. The minimum Gasteiger partial charge on any atom is -0.390 e. The van der Waals surface area contributed by atoms with Crippen LogP contribution in [0.25, 0.3) is 0 Å². The van der Waals surface area contributed by atoms with Crippen LogP contribution in [-0.4, -0.2) is 41.1 Å². The Bertz CT molecular complexity index is 817. The lowest BCUT2D eigenvalue weighted by Crippen LogP contribution is -2.54. The third-order valence-electron chi connectivity index (χ3n) is 11.4. The van der Waals surface area contributed by atoms with Gasteiger partial charge in [0.1, 0.15) is 6.10 Å². The van der Waals surface area contributed by atoms with Gasteiger partial charge in [-0.25, -0.2) is 8.78 Å². The Labute approximate surface area is 218 Å². The second kappa shape index (κ2) is 9.90. The van der Waals surface area contributed by atoms with Crippen LogP contribution in [-0.2, 0) is 4.74 Å². The Hall–Kier alpha value is -0.520. The van der Waals surface area contributed by atoms with Gasteiger partial charge < -0.3 is 14.9 Å². The van der Waals surface area contributed by atoms with Gasteiger partial charge in [0.25, 0.3) is 0 Å². The van der Waals surface area contributed by atoms with Gasteiger partial charge in [0.05, 0.1) is 18.3 Å². The smallest absolute Gasteiger partial charge is 0.245 e. The lowest BCUT2D eigenvalue weighted by atomic mass is 9.46. The molecule has 4 rings (SSSR count). The maximum Gasteiger partial charge on any atom is 0.245 e. The molecule has 208 valence electrons. The molecule has 3 fully saturated rings. The number of fused-ring (bicyclic) bond motifs is 5. The van der Waals surface area contributed by atoms with Gasteiger partial charge in [0.2, 0.25) is 6.43 Å². The van der Waals surface area contributed by atoms with Crippen molar-refractivity contribution in [3.63, 3.8) is 0 Å². The molecule has 0 heterocycles. The summed E-state index contributed by atoms with van der Waals surface area (Å²) < 4.78 is 32.6.